The number of thiophene rings is 1. The lowest BCUT2D eigenvalue weighted by atomic mass is 10.3. The fourth-order valence-electron chi connectivity index (χ4n) is 2.14. The van der Waals surface area contributed by atoms with Crippen molar-refractivity contribution in [2.75, 3.05) is 11.1 Å². The van der Waals surface area contributed by atoms with E-state index >= 15 is 0 Å². The van der Waals surface area contributed by atoms with Crippen LogP contribution in [-0.4, -0.2) is 24.7 Å². The number of hydrogen-bond donors (Lipinski definition) is 2. The number of rotatable bonds is 5. The molecule has 0 aliphatic heterocycles. The standard InChI is InChI=1S/C13H17N7S/c1-3-8-5-9-11(17-13(14)18-12(9)21-8)15-6-10-19-16-7-20(10)4-2/h5,7H,3-4,6H2,1-2H3,(H3,14,15,17,18). The number of nitrogens with zero attached hydrogens (tertiary/aromatic N) is 5. The molecule has 21 heavy (non-hydrogen) atoms. The monoisotopic (exact) mass is 303 g/mol. The maximum atomic E-state index is 5.79. The highest BCUT2D eigenvalue weighted by Gasteiger charge is 2.11. The van der Waals surface area contributed by atoms with Crippen LogP contribution in [0.4, 0.5) is 11.8 Å². The first-order chi connectivity index (χ1) is 10.2. The summed E-state index contributed by atoms with van der Waals surface area (Å²) in [5.74, 6) is 1.90. The van der Waals surface area contributed by atoms with Crippen LogP contribution in [0, 0.1) is 0 Å². The molecule has 0 aliphatic rings. The molecule has 0 amide bonds. The molecule has 0 spiro atoms. The zero-order chi connectivity index (χ0) is 14.8. The Morgan fingerprint density at radius 3 is 2.95 bits per heavy atom. The molecule has 3 heterocycles. The first-order valence-electron chi connectivity index (χ1n) is 6.87. The molecule has 0 fully saturated rings. The van der Waals surface area contributed by atoms with E-state index in [1.807, 2.05) is 4.57 Å². The van der Waals surface area contributed by atoms with Crippen LogP contribution < -0.4 is 11.1 Å². The van der Waals surface area contributed by atoms with Gasteiger partial charge in [0.2, 0.25) is 5.95 Å². The third kappa shape index (κ3) is 2.66. The number of fused-ring (bicyclic) bond motifs is 1. The second-order valence-corrected chi connectivity index (χ2v) is 5.72. The van der Waals surface area contributed by atoms with Gasteiger partial charge in [-0.15, -0.1) is 21.5 Å². The van der Waals surface area contributed by atoms with Gasteiger partial charge < -0.3 is 15.6 Å². The molecule has 3 aromatic heterocycles. The van der Waals surface area contributed by atoms with Gasteiger partial charge in [-0.25, -0.2) is 4.98 Å². The van der Waals surface area contributed by atoms with E-state index in [0.29, 0.717) is 6.54 Å². The lowest BCUT2D eigenvalue weighted by molar-refractivity contribution is 0.707. The fraction of sp³-hybridized carbons (Fsp3) is 0.385. The van der Waals surface area contributed by atoms with Gasteiger partial charge in [-0.3, -0.25) is 0 Å². The molecule has 0 aromatic carbocycles. The van der Waals surface area contributed by atoms with Crippen molar-refractivity contribution in [1.29, 1.82) is 0 Å². The summed E-state index contributed by atoms with van der Waals surface area (Å²) in [6, 6.07) is 2.12. The molecule has 8 heteroatoms. The van der Waals surface area contributed by atoms with Crippen molar-refractivity contribution in [3.8, 4) is 0 Å². The number of hydrogen-bond acceptors (Lipinski definition) is 7. The Balaban J connectivity index is 1.91. The van der Waals surface area contributed by atoms with Gasteiger partial charge in [0.15, 0.2) is 5.82 Å². The highest BCUT2D eigenvalue weighted by Crippen LogP contribution is 2.29. The van der Waals surface area contributed by atoms with Crippen LogP contribution in [0.15, 0.2) is 12.4 Å². The van der Waals surface area contributed by atoms with Crippen LogP contribution >= 0.6 is 11.3 Å². The number of nitrogen functional groups attached to an aromatic ring is 1. The van der Waals surface area contributed by atoms with E-state index in [0.717, 1.165) is 34.8 Å². The van der Waals surface area contributed by atoms with Gasteiger partial charge in [0.1, 0.15) is 17.0 Å². The van der Waals surface area contributed by atoms with E-state index < -0.39 is 0 Å². The maximum absolute atomic E-state index is 5.79. The molecule has 3 N–H and O–H groups in total. The van der Waals surface area contributed by atoms with Gasteiger partial charge in [0.25, 0.3) is 0 Å². The number of nitrogens with two attached hydrogens (primary N) is 1. The summed E-state index contributed by atoms with van der Waals surface area (Å²) >= 11 is 1.65. The highest BCUT2D eigenvalue weighted by molar-refractivity contribution is 7.18. The molecule has 3 aromatic rings. The Labute approximate surface area is 126 Å². The molecular weight excluding hydrogens is 286 g/mol. The second-order valence-electron chi connectivity index (χ2n) is 4.60. The average Bonchev–Trinajstić information content (AvgIpc) is 3.10. The van der Waals surface area contributed by atoms with E-state index in [9.17, 15) is 0 Å². The predicted octanol–water partition coefficient (Wildman–Crippen LogP) is 2.06. The van der Waals surface area contributed by atoms with Gasteiger partial charge in [-0.2, -0.15) is 4.98 Å². The minimum absolute atomic E-state index is 0.284. The van der Waals surface area contributed by atoms with Gasteiger partial charge in [-0.1, -0.05) is 6.92 Å². The molecule has 110 valence electrons. The Kier molecular flexibility index (Phi) is 3.70. The van der Waals surface area contributed by atoms with Crippen molar-refractivity contribution < 1.29 is 0 Å². The summed E-state index contributed by atoms with van der Waals surface area (Å²) in [4.78, 5) is 10.8. The number of aryl methyl sites for hydroxylation is 2. The Bertz CT molecular complexity index is 761. The van der Waals surface area contributed by atoms with E-state index in [1.165, 1.54) is 4.88 Å². The van der Waals surface area contributed by atoms with E-state index in [1.54, 1.807) is 17.7 Å². The zero-order valence-electron chi connectivity index (χ0n) is 12.0. The Morgan fingerprint density at radius 1 is 1.33 bits per heavy atom. The zero-order valence-corrected chi connectivity index (χ0v) is 12.8. The van der Waals surface area contributed by atoms with Gasteiger partial charge in [-0.05, 0) is 19.4 Å². The predicted molar refractivity (Wildman–Crippen MR) is 84.2 cm³/mol. The minimum Gasteiger partial charge on any atom is -0.368 e. The molecule has 0 saturated carbocycles. The normalized spacial score (nSPS) is 11.1. The number of nitrogens with one attached hydrogen (secondary N) is 1. The van der Waals surface area contributed by atoms with E-state index in [4.69, 9.17) is 5.73 Å². The van der Waals surface area contributed by atoms with E-state index in [-0.39, 0.29) is 5.95 Å². The second kappa shape index (κ2) is 5.65. The van der Waals surface area contributed by atoms with Crippen molar-refractivity contribution in [3.05, 3.63) is 23.1 Å². The van der Waals surface area contributed by atoms with Crippen molar-refractivity contribution in [3.63, 3.8) is 0 Å². The molecular formula is C13H17N7S. The van der Waals surface area contributed by atoms with Gasteiger partial charge in [0, 0.05) is 11.4 Å². The maximum Gasteiger partial charge on any atom is 0.223 e. The van der Waals surface area contributed by atoms with Gasteiger partial charge in [0.05, 0.1) is 11.9 Å². The number of anilines is 2. The van der Waals surface area contributed by atoms with Crippen molar-refractivity contribution in [2.45, 2.75) is 33.4 Å². The van der Waals surface area contributed by atoms with Crippen LogP contribution in [0.1, 0.15) is 24.5 Å². The molecule has 0 unspecified atom stereocenters. The summed E-state index contributed by atoms with van der Waals surface area (Å²) < 4.78 is 1.99. The summed E-state index contributed by atoms with van der Waals surface area (Å²) in [7, 11) is 0. The molecule has 0 aliphatic carbocycles. The third-order valence-electron chi connectivity index (χ3n) is 3.26. The third-order valence-corrected chi connectivity index (χ3v) is 4.43. The molecule has 7 nitrogen and oxygen atoms in total. The van der Waals surface area contributed by atoms with Crippen LogP contribution in [0.25, 0.3) is 10.2 Å². The summed E-state index contributed by atoms with van der Waals surface area (Å²) in [5, 5.41) is 12.3. The van der Waals surface area contributed by atoms with Crippen molar-refractivity contribution >= 4 is 33.3 Å². The Morgan fingerprint density at radius 2 is 2.19 bits per heavy atom. The highest BCUT2D eigenvalue weighted by atomic mass is 32.1. The quantitative estimate of drug-likeness (QED) is 0.749. The molecule has 0 bridgehead atoms. The van der Waals surface area contributed by atoms with Crippen LogP contribution in [0.3, 0.4) is 0 Å². The van der Waals surface area contributed by atoms with Crippen molar-refractivity contribution in [2.24, 2.45) is 0 Å². The minimum atomic E-state index is 0.284. The van der Waals surface area contributed by atoms with Crippen LogP contribution in [0.2, 0.25) is 0 Å². The van der Waals surface area contributed by atoms with E-state index in [2.05, 4.69) is 45.4 Å². The lowest BCUT2D eigenvalue weighted by Gasteiger charge is -2.07. The Hall–Kier alpha value is -2.22. The smallest absolute Gasteiger partial charge is 0.223 e. The fourth-order valence-corrected chi connectivity index (χ4v) is 3.11. The SMILES string of the molecule is CCc1cc2c(NCc3nncn3CC)nc(N)nc2s1. The summed E-state index contributed by atoms with van der Waals surface area (Å²) in [6.07, 6.45) is 2.70. The van der Waals surface area contributed by atoms with Crippen LogP contribution in [0.5, 0.6) is 0 Å². The first kappa shape index (κ1) is 13.7. The van der Waals surface area contributed by atoms with Gasteiger partial charge >= 0.3 is 0 Å². The topological polar surface area (TPSA) is 94.5 Å². The molecule has 3 rings (SSSR count). The lowest BCUT2D eigenvalue weighted by Crippen LogP contribution is -2.09. The van der Waals surface area contributed by atoms with Crippen LogP contribution in [-0.2, 0) is 19.5 Å². The molecule has 0 atom stereocenters. The molecule has 0 saturated heterocycles. The summed E-state index contributed by atoms with van der Waals surface area (Å²) in [6.45, 7) is 5.57. The van der Waals surface area contributed by atoms with Crippen molar-refractivity contribution in [1.82, 2.24) is 24.7 Å². The summed E-state index contributed by atoms with van der Waals surface area (Å²) in [5.41, 5.74) is 5.79. The number of aromatic nitrogens is 5. The first-order valence-corrected chi connectivity index (χ1v) is 7.69. The largest absolute Gasteiger partial charge is 0.368 e. The average molecular weight is 303 g/mol. The molecule has 0 radical (unpaired) electrons.